The molecule has 0 unspecified atom stereocenters. The number of H-pyrrole nitrogens is 1. The van der Waals surface area contributed by atoms with E-state index < -0.39 is 0 Å². The molecule has 0 spiro atoms. The SMILES string of the molecule is [B]c1nc(NC2CC2)c2[nH]cnc2n1. The minimum Gasteiger partial charge on any atom is -0.365 e. The first-order valence-electron chi connectivity index (χ1n) is 4.56. The second-order valence-electron chi connectivity index (χ2n) is 3.45. The molecule has 0 aromatic carbocycles. The van der Waals surface area contributed by atoms with Crippen molar-refractivity contribution in [3.8, 4) is 0 Å². The maximum absolute atomic E-state index is 5.56. The Bertz CT molecular complexity index is 476. The van der Waals surface area contributed by atoms with Crippen LogP contribution in [0.1, 0.15) is 12.8 Å². The summed E-state index contributed by atoms with van der Waals surface area (Å²) in [5, 5.41) is 3.28. The third-order valence-electron chi connectivity index (χ3n) is 2.22. The first kappa shape index (κ1) is 7.79. The highest BCUT2D eigenvalue weighted by atomic mass is 15.1. The van der Waals surface area contributed by atoms with Gasteiger partial charge in [0.15, 0.2) is 19.3 Å². The Hall–Kier alpha value is -1.59. The number of hydrogen-bond donors (Lipinski definition) is 2. The van der Waals surface area contributed by atoms with Crippen molar-refractivity contribution < 1.29 is 0 Å². The van der Waals surface area contributed by atoms with Crippen LogP contribution in [0.3, 0.4) is 0 Å². The van der Waals surface area contributed by atoms with E-state index >= 15 is 0 Å². The molecule has 6 heteroatoms. The highest BCUT2D eigenvalue weighted by molar-refractivity contribution is 6.29. The molecule has 2 aromatic heterocycles. The molecule has 2 radical (unpaired) electrons. The largest absolute Gasteiger partial charge is 0.365 e. The van der Waals surface area contributed by atoms with Gasteiger partial charge >= 0.3 is 0 Å². The Labute approximate surface area is 81.8 Å². The van der Waals surface area contributed by atoms with Crippen molar-refractivity contribution in [1.82, 2.24) is 19.9 Å². The van der Waals surface area contributed by atoms with E-state index in [4.69, 9.17) is 7.85 Å². The zero-order valence-electron chi connectivity index (χ0n) is 7.49. The van der Waals surface area contributed by atoms with Gasteiger partial charge in [-0.1, -0.05) is 0 Å². The zero-order valence-corrected chi connectivity index (χ0v) is 7.49. The normalized spacial score (nSPS) is 16.0. The number of fused-ring (bicyclic) bond motifs is 1. The third-order valence-corrected chi connectivity index (χ3v) is 2.22. The van der Waals surface area contributed by atoms with Gasteiger partial charge in [-0.25, -0.2) is 15.0 Å². The molecule has 5 nitrogen and oxygen atoms in total. The van der Waals surface area contributed by atoms with Gasteiger partial charge in [-0.05, 0) is 12.8 Å². The number of nitrogens with zero attached hydrogens (tertiary/aromatic N) is 3. The molecular weight excluding hydrogens is 177 g/mol. The van der Waals surface area contributed by atoms with Gasteiger partial charge in [0.2, 0.25) is 0 Å². The standard InChI is InChI=1S/C8H8BN5/c9-8-13-6-5(10-3-11-6)7(14-8)12-4-1-2-4/h3-4H,1-2H2,(H2,10,11,12,13,14). The van der Waals surface area contributed by atoms with Gasteiger partial charge in [0.05, 0.1) is 12.1 Å². The summed E-state index contributed by atoms with van der Waals surface area (Å²) in [7, 11) is 5.56. The molecule has 0 amide bonds. The van der Waals surface area contributed by atoms with Gasteiger partial charge in [0, 0.05) is 6.04 Å². The summed E-state index contributed by atoms with van der Waals surface area (Å²) in [6.07, 6.45) is 3.98. The summed E-state index contributed by atoms with van der Waals surface area (Å²) in [6.45, 7) is 0. The van der Waals surface area contributed by atoms with Crippen LogP contribution in [0.4, 0.5) is 5.82 Å². The number of anilines is 1. The molecule has 1 saturated carbocycles. The zero-order chi connectivity index (χ0) is 9.54. The molecule has 0 aliphatic heterocycles. The van der Waals surface area contributed by atoms with Crippen LogP contribution in [0, 0.1) is 0 Å². The molecule has 14 heavy (non-hydrogen) atoms. The number of hydrogen-bond acceptors (Lipinski definition) is 4. The van der Waals surface area contributed by atoms with E-state index in [2.05, 4.69) is 25.3 Å². The lowest BCUT2D eigenvalue weighted by Gasteiger charge is -2.04. The summed E-state index contributed by atoms with van der Waals surface area (Å²) in [5.74, 6) is 0.757. The average Bonchev–Trinajstić information content (AvgIpc) is 2.81. The fourth-order valence-electron chi connectivity index (χ4n) is 1.38. The average molecular weight is 185 g/mol. The van der Waals surface area contributed by atoms with Crippen LogP contribution >= 0.6 is 0 Å². The molecule has 0 saturated heterocycles. The highest BCUT2D eigenvalue weighted by Crippen LogP contribution is 2.25. The summed E-state index contributed by atoms with van der Waals surface area (Å²) < 4.78 is 0. The molecule has 1 fully saturated rings. The maximum atomic E-state index is 5.56. The molecule has 1 aliphatic rings. The molecule has 2 N–H and O–H groups in total. The van der Waals surface area contributed by atoms with Crippen LogP contribution < -0.4 is 11.0 Å². The Morgan fingerprint density at radius 2 is 2.29 bits per heavy atom. The number of aromatic amines is 1. The second kappa shape index (κ2) is 2.70. The first-order chi connectivity index (χ1) is 6.83. The molecule has 2 aromatic rings. The molecule has 0 bridgehead atoms. The van der Waals surface area contributed by atoms with E-state index in [0.29, 0.717) is 11.7 Å². The minimum atomic E-state index is 0.257. The maximum Gasteiger partial charge on any atom is 0.182 e. The van der Waals surface area contributed by atoms with Crippen LogP contribution in [-0.2, 0) is 0 Å². The number of imidazole rings is 1. The van der Waals surface area contributed by atoms with Gasteiger partial charge < -0.3 is 10.3 Å². The van der Waals surface area contributed by atoms with Crippen molar-refractivity contribution in [1.29, 1.82) is 0 Å². The highest BCUT2D eigenvalue weighted by Gasteiger charge is 2.22. The van der Waals surface area contributed by atoms with Crippen molar-refractivity contribution in [3.63, 3.8) is 0 Å². The van der Waals surface area contributed by atoms with Crippen LogP contribution in [-0.4, -0.2) is 33.8 Å². The van der Waals surface area contributed by atoms with Gasteiger partial charge in [-0.3, -0.25) is 0 Å². The number of aromatic nitrogens is 4. The lowest BCUT2D eigenvalue weighted by molar-refractivity contribution is 1.12. The fourth-order valence-corrected chi connectivity index (χ4v) is 1.38. The Morgan fingerprint density at radius 1 is 1.43 bits per heavy atom. The van der Waals surface area contributed by atoms with Crippen molar-refractivity contribution >= 4 is 30.6 Å². The number of rotatable bonds is 2. The van der Waals surface area contributed by atoms with Crippen LogP contribution in [0.2, 0.25) is 0 Å². The quantitative estimate of drug-likeness (QED) is 0.631. The minimum absolute atomic E-state index is 0.257. The van der Waals surface area contributed by atoms with Crippen LogP contribution in [0.5, 0.6) is 0 Å². The Kier molecular flexibility index (Phi) is 1.50. The summed E-state index contributed by atoms with van der Waals surface area (Å²) in [4.78, 5) is 15.2. The van der Waals surface area contributed by atoms with E-state index in [1.165, 1.54) is 12.8 Å². The monoisotopic (exact) mass is 185 g/mol. The van der Waals surface area contributed by atoms with Gasteiger partial charge in [-0.2, -0.15) is 0 Å². The third kappa shape index (κ3) is 1.23. The molecule has 1 aliphatic carbocycles. The van der Waals surface area contributed by atoms with Crippen molar-refractivity contribution in [3.05, 3.63) is 6.33 Å². The van der Waals surface area contributed by atoms with Crippen LogP contribution in [0.25, 0.3) is 11.2 Å². The van der Waals surface area contributed by atoms with Gasteiger partial charge in [-0.15, -0.1) is 0 Å². The van der Waals surface area contributed by atoms with E-state index in [9.17, 15) is 0 Å². The summed E-state index contributed by atoms with van der Waals surface area (Å²) in [6, 6.07) is 0.538. The predicted octanol–water partition coefficient (Wildman–Crippen LogP) is -0.279. The van der Waals surface area contributed by atoms with Crippen molar-refractivity contribution in [2.24, 2.45) is 0 Å². The van der Waals surface area contributed by atoms with Gasteiger partial charge in [0.25, 0.3) is 0 Å². The van der Waals surface area contributed by atoms with Gasteiger partial charge in [0.1, 0.15) is 5.52 Å². The molecular formula is C8H8BN5. The molecule has 3 rings (SSSR count). The summed E-state index contributed by atoms with van der Waals surface area (Å²) >= 11 is 0. The van der Waals surface area contributed by atoms with E-state index in [1.807, 2.05) is 0 Å². The van der Waals surface area contributed by atoms with Crippen LogP contribution in [0.15, 0.2) is 6.33 Å². The topological polar surface area (TPSA) is 66.5 Å². The van der Waals surface area contributed by atoms with E-state index in [0.717, 1.165) is 11.3 Å². The number of nitrogens with one attached hydrogen (secondary N) is 2. The second-order valence-corrected chi connectivity index (χ2v) is 3.45. The molecule has 68 valence electrons. The lowest BCUT2D eigenvalue weighted by Crippen LogP contribution is -2.17. The molecule has 0 atom stereocenters. The predicted molar refractivity (Wildman–Crippen MR) is 53.7 cm³/mol. The molecule has 2 heterocycles. The lowest BCUT2D eigenvalue weighted by atomic mass is 10.1. The van der Waals surface area contributed by atoms with E-state index in [1.54, 1.807) is 6.33 Å². The smallest absolute Gasteiger partial charge is 0.182 e. The Morgan fingerprint density at radius 3 is 3.07 bits per heavy atom. The Balaban J connectivity index is 2.13. The fraction of sp³-hybridized carbons (Fsp3) is 0.375. The van der Waals surface area contributed by atoms with Crippen molar-refractivity contribution in [2.75, 3.05) is 5.32 Å². The van der Waals surface area contributed by atoms with Crippen molar-refractivity contribution in [2.45, 2.75) is 18.9 Å². The first-order valence-corrected chi connectivity index (χ1v) is 4.56. The van der Waals surface area contributed by atoms with E-state index in [-0.39, 0.29) is 5.72 Å². The summed E-state index contributed by atoms with van der Waals surface area (Å²) in [5.41, 5.74) is 1.69.